The summed E-state index contributed by atoms with van der Waals surface area (Å²) in [6.07, 6.45) is 0. The summed E-state index contributed by atoms with van der Waals surface area (Å²) in [7, 11) is 1.48. The molecule has 4 rings (SSSR count). The van der Waals surface area contributed by atoms with E-state index in [0.717, 1.165) is 12.1 Å². The molecule has 1 saturated heterocycles. The molecule has 3 amide bonds. The Bertz CT molecular complexity index is 1410. The molecule has 12 heteroatoms. The molecule has 3 aromatic rings. The van der Waals surface area contributed by atoms with Crippen LogP contribution in [0.1, 0.15) is 33.5 Å². The third-order valence-electron chi connectivity index (χ3n) is 6.40. The fraction of sp³-hybridized carbons (Fsp3) is 0.321. The van der Waals surface area contributed by atoms with Crippen LogP contribution < -0.4 is 5.32 Å². The minimum atomic E-state index is -1.08. The van der Waals surface area contributed by atoms with E-state index in [-0.39, 0.29) is 61.3 Å². The van der Waals surface area contributed by atoms with Crippen molar-refractivity contribution in [3.8, 4) is 11.4 Å². The molecule has 10 nitrogen and oxygen atoms in total. The molecule has 1 atom stereocenters. The van der Waals surface area contributed by atoms with Gasteiger partial charge in [0.25, 0.3) is 5.91 Å². The summed E-state index contributed by atoms with van der Waals surface area (Å²) in [5, 5.41) is 2.55. The number of hydrogen-bond acceptors (Lipinski definition) is 7. The number of urea groups is 1. The van der Waals surface area contributed by atoms with Crippen LogP contribution in [-0.2, 0) is 9.47 Å². The summed E-state index contributed by atoms with van der Waals surface area (Å²) < 4.78 is 37.0. The highest BCUT2D eigenvalue weighted by Crippen LogP contribution is 2.23. The first-order valence-corrected chi connectivity index (χ1v) is 12.6. The van der Waals surface area contributed by atoms with Crippen LogP contribution in [0.2, 0.25) is 0 Å². The monoisotopic (exact) mass is 553 g/mol. The zero-order valence-corrected chi connectivity index (χ0v) is 22.3. The van der Waals surface area contributed by atoms with Crippen LogP contribution in [0.4, 0.5) is 19.3 Å². The van der Waals surface area contributed by atoms with Gasteiger partial charge in [-0.1, -0.05) is 30.3 Å². The molecule has 0 spiro atoms. The zero-order valence-electron chi connectivity index (χ0n) is 22.3. The van der Waals surface area contributed by atoms with Gasteiger partial charge >= 0.3 is 12.0 Å². The SMILES string of the molecule is COCCOC(=O)c1c(C)nc(-c2ccccc2)nc1C(=O)N1CCN(C(=O)Nc2ccc(F)c(F)c2)C(C)C1. The van der Waals surface area contributed by atoms with Crippen LogP contribution in [0.5, 0.6) is 0 Å². The number of rotatable bonds is 7. The number of nitrogens with zero attached hydrogens (tertiary/aromatic N) is 4. The summed E-state index contributed by atoms with van der Waals surface area (Å²) >= 11 is 0. The largest absolute Gasteiger partial charge is 0.460 e. The van der Waals surface area contributed by atoms with E-state index in [9.17, 15) is 23.2 Å². The van der Waals surface area contributed by atoms with Crippen LogP contribution in [0.25, 0.3) is 11.4 Å². The van der Waals surface area contributed by atoms with Gasteiger partial charge in [-0.25, -0.2) is 28.3 Å². The van der Waals surface area contributed by atoms with Crippen molar-refractivity contribution >= 4 is 23.6 Å². The molecule has 0 saturated carbocycles. The maximum atomic E-state index is 13.8. The average Bonchev–Trinajstić information content (AvgIpc) is 2.94. The fourth-order valence-electron chi connectivity index (χ4n) is 4.34. The van der Waals surface area contributed by atoms with Gasteiger partial charge in [0.2, 0.25) is 0 Å². The van der Waals surface area contributed by atoms with Gasteiger partial charge in [0, 0.05) is 50.1 Å². The predicted molar refractivity (Wildman–Crippen MR) is 142 cm³/mol. The molecule has 1 aliphatic rings. The molecule has 1 fully saturated rings. The molecule has 1 aliphatic heterocycles. The maximum absolute atomic E-state index is 13.8. The number of methoxy groups -OCH3 is 1. The van der Waals surface area contributed by atoms with E-state index in [4.69, 9.17) is 9.47 Å². The Morgan fingerprint density at radius 1 is 1.02 bits per heavy atom. The van der Waals surface area contributed by atoms with Crippen molar-refractivity contribution < 1.29 is 32.6 Å². The molecule has 2 heterocycles. The van der Waals surface area contributed by atoms with Crippen molar-refractivity contribution in [3.63, 3.8) is 0 Å². The highest BCUT2D eigenvalue weighted by molar-refractivity contribution is 6.05. The second-order valence-corrected chi connectivity index (χ2v) is 9.20. The number of anilines is 1. The number of esters is 1. The molecule has 1 aromatic heterocycles. The van der Waals surface area contributed by atoms with Crippen LogP contribution in [0.15, 0.2) is 48.5 Å². The molecule has 2 aromatic carbocycles. The van der Waals surface area contributed by atoms with Gasteiger partial charge in [0.05, 0.1) is 12.3 Å². The number of amides is 3. The normalized spacial score (nSPS) is 15.1. The van der Waals surface area contributed by atoms with Gasteiger partial charge in [-0.05, 0) is 26.0 Å². The van der Waals surface area contributed by atoms with Crippen LogP contribution in [-0.4, -0.2) is 83.7 Å². The molecule has 0 aliphatic carbocycles. The van der Waals surface area contributed by atoms with Crippen LogP contribution in [0.3, 0.4) is 0 Å². The number of aromatic nitrogens is 2. The van der Waals surface area contributed by atoms with Gasteiger partial charge in [-0.3, -0.25) is 4.79 Å². The second kappa shape index (κ2) is 12.6. The van der Waals surface area contributed by atoms with Crippen molar-refractivity contribution in [1.82, 2.24) is 19.8 Å². The standard InChI is InChI=1S/C28H29F2N5O5/c1-17-16-34(11-12-35(17)28(38)32-20-9-10-21(29)22(30)15-20)26(36)24-23(27(37)40-14-13-39-3)18(2)31-25(33-24)19-7-5-4-6-8-19/h4-10,15,17H,11-14,16H2,1-3H3,(H,32,38). The Kier molecular flexibility index (Phi) is 9.00. The summed E-state index contributed by atoms with van der Waals surface area (Å²) in [6, 6.07) is 11.2. The molecule has 0 radical (unpaired) electrons. The quantitative estimate of drug-likeness (QED) is 0.349. The Morgan fingerprint density at radius 2 is 1.77 bits per heavy atom. The smallest absolute Gasteiger partial charge is 0.342 e. The lowest BCUT2D eigenvalue weighted by Gasteiger charge is -2.39. The molecule has 1 N–H and O–H groups in total. The lowest BCUT2D eigenvalue weighted by Crippen LogP contribution is -2.56. The molecule has 1 unspecified atom stereocenters. The number of nitrogens with one attached hydrogen (secondary N) is 1. The van der Waals surface area contributed by atoms with Crippen molar-refractivity contribution in [2.45, 2.75) is 19.9 Å². The lowest BCUT2D eigenvalue weighted by atomic mass is 10.1. The van der Waals surface area contributed by atoms with Crippen LogP contribution in [0, 0.1) is 18.6 Å². The minimum absolute atomic E-state index is 0.00832. The van der Waals surface area contributed by atoms with Gasteiger partial charge in [0.15, 0.2) is 17.5 Å². The van der Waals surface area contributed by atoms with E-state index < -0.39 is 35.6 Å². The van der Waals surface area contributed by atoms with Crippen molar-refractivity contribution in [1.29, 1.82) is 0 Å². The van der Waals surface area contributed by atoms with Gasteiger partial charge < -0.3 is 24.6 Å². The molecular weight excluding hydrogens is 524 g/mol. The number of ether oxygens (including phenoxy) is 2. The van der Waals surface area contributed by atoms with E-state index in [1.807, 2.05) is 18.2 Å². The highest BCUT2D eigenvalue weighted by Gasteiger charge is 2.34. The molecular formula is C28H29F2N5O5. The lowest BCUT2D eigenvalue weighted by molar-refractivity contribution is 0.0378. The van der Waals surface area contributed by atoms with E-state index in [0.29, 0.717) is 5.56 Å². The number of piperazine rings is 1. The Hall–Kier alpha value is -4.45. The topological polar surface area (TPSA) is 114 Å². The number of benzene rings is 2. The molecule has 210 valence electrons. The second-order valence-electron chi connectivity index (χ2n) is 9.20. The Morgan fingerprint density at radius 3 is 2.45 bits per heavy atom. The number of carbonyl (C=O) groups is 3. The van der Waals surface area contributed by atoms with E-state index in [1.165, 1.54) is 23.0 Å². The summed E-state index contributed by atoms with van der Waals surface area (Å²) in [4.78, 5) is 51.5. The zero-order chi connectivity index (χ0) is 28.8. The number of hydrogen-bond donors (Lipinski definition) is 1. The molecule has 40 heavy (non-hydrogen) atoms. The number of carbonyl (C=O) groups excluding carboxylic acids is 3. The number of halogens is 2. The van der Waals surface area contributed by atoms with Crippen molar-refractivity contribution in [2.75, 3.05) is 45.3 Å². The number of aryl methyl sites for hydroxylation is 1. The first-order chi connectivity index (χ1) is 19.2. The minimum Gasteiger partial charge on any atom is -0.460 e. The summed E-state index contributed by atoms with van der Waals surface area (Å²) in [5.41, 5.74) is 0.937. The maximum Gasteiger partial charge on any atom is 0.342 e. The van der Waals surface area contributed by atoms with E-state index in [1.54, 1.807) is 26.0 Å². The van der Waals surface area contributed by atoms with Gasteiger partial charge in [0.1, 0.15) is 17.9 Å². The molecule has 0 bridgehead atoms. The average molecular weight is 554 g/mol. The third-order valence-corrected chi connectivity index (χ3v) is 6.40. The third kappa shape index (κ3) is 6.40. The highest BCUT2D eigenvalue weighted by atomic mass is 19.2. The first kappa shape index (κ1) is 28.6. The van der Waals surface area contributed by atoms with Gasteiger partial charge in [-0.2, -0.15) is 0 Å². The predicted octanol–water partition coefficient (Wildman–Crippen LogP) is 3.91. The fourth-order valence-corrected chi connectivity index (χ4v) is 4.34. The van der Waals surface area contributed by atoms with Gasteiger partial charge in [-0.15, -0.1) is 0 Å². The summed E-state index contributed by atoms with van der Waals surface area (Å²) in [5.74, 6) is -3.06. The summed E-state index contributed by atoms with van der Waals surface area (Å²) in [6.45, 7) is 3.99. The van der Waals surface area contributed by atoms with E-state index in [2.05, 4.69) is 15.3 Å². The Labute approximate surface area is 229 Å². The van der Waals surface area contributed by atoms with Crippen molar-refractivity contribution in [2.24, 2.45) is 0 Å². The van der Waals surface area contributed by atoms with Crippen LogP contribution >= 0.6 is 0 Å². The van der Waals surface area contributed by atoms with Crippen molar-refractivity contribution in [3.05, 3.63) is 77.1 Å². The Balaban J connectivity index is 1.56. The first-order valence-electron chi connectivity index (χ1n) is 12.6. The van der Waals surface area contributed by atoms with E-state index >= 15 is 0 Å².